The van der Waals surface area contributed by atoms with Gasteiger partial charge >= 0.3 is 18.0 Å². The minimum absolute atomic E-state index is 0.0212. The largest absolute Gasteiger partial charge is 0.478 e. The number of rotatable bonds is 9. The molecule has 10 nitrogen and oxygen atoms in total. The van der Waals surface area contributed by atoms with E-state index in [1.54, 1.807) is 69.3 Å². The van der Waals surface area contributed by atoms with Crippen LogP contribution in [0.25, 0.3) is 0 Å². The number of benzene rings is 3. The van der Waals surface area contributed by atoms with Crippen LogP contribution in [0.3, 0.4) is 0 Å². The van der Waals surface area contributed by atoms with Crippen molar-refractivity contribution in [2.45, 2.75) is 26.4 Å². The summed E-state index contributed by atoms with van der Waals surface area (Å²) in [4.78, 5) is 64.0. The maximum absolute atomic E-state index is 13.3. The Kier molecular flexibility index (Phi) is 9.16. The molecule has 0 saturated carbocycles. The lowest BCUT2D eigenvalue weighted by molar-refractivity contribution is -0.153. The number of hydrogen-bond donors (Lipinski definition) is 3. The number of amides is 3. The van der Waals surface area contributed by atoms with Crippen molar-refractivity contribution >= 4 is 41.0 Å². The summed E-state index contributed by atoms with van der Waals surface area (Å²) < 4.78 is 5.39. The topological polar surface area (TPSA) is 142 Å². The van der Waals surface area contributed by atoms with E-state index < -0.39 is 42.6 Å². The molecule has 3 amide bonds. The highest BCUT2D eigenvalue weighted by Crippen LogP contribution is 2.24. The molecule has 0 atom stereocenters. The van der Waals surface area contributed by atoms with Crippen molar-refractivity contribution in [2.75, 3.05) is 23.3 Å². The number of carboxylic acids is 1. The van der Waals surface area contributed by atoms with Crippen LogP contribution in [0.4, 0.5) is 16.2 Å². The molecule has 10 heteroatoms. The Hall–Kier alpha value is -4.99. The summed E-state index contributed by atoms with van der Waals surface area (Å²) >= 11 is 0. The van der Waals surface area contributed by atoms with Crippen LogP contribution in [-0.2, 0) is 14.3 Å². The molecule has 0 bridgehead atoms. The van der Waals surface area contributed by atoms with Crippen molar-refractivity contribution in [3.8, 4) is 0 Å². The number of ether oxygens (including phenoxy) is 1. The first-order valence-corrected chi connectivity index (χ1v) is 12.0. The number of carbonyl (C=O) groups excluding carboxylic acids is 4. The zero-order valence-electron chi connectivity index (χ0n) is 21.8. The van der Waals surface area contributed by atoms with Gasteiger partial charge in [-0.3, -0.25) is 19.3 Å². The smallest absolute Gasteiger partial charge is 0.335 e. The van der Waals surface area contributed by atoms with E-state index in [4.69, 9.17) is 9.84 Å². The van der Waals surface area contributed by atoms with Gasteiger partial charge in [0.25, 0.3) is 0 Å². The SMILES string of the molecule is CC(C)(C)OC(=O)CN(C(=O)CNC(=O)Nc1cccc(C(=O)O)c1)c1ccccc1C(=O)c1ccccc1. The number of nitrogens with zero attached hydrogens (tertiary/aromatic N) is 1. The van der Waals surface area contributed by atoms with E-state index in [0.29, 0.717) is 5.56 Å². The molecule has 0 unspecified atom stereocenters. The Labute approximate surface area is 225 Å². The molecule has 0 saturated heterocycles. The minimum atomic E-state index is -1.16. The lowest BCUT2D eigenvalue weighted by Crippen LogP contribution is -2.45. The predicted molar refractivity (Wildman–Crippen MR) is 145 cm³/mol. The summed E-state index contributed by atoms with van der Waals surface area (Å²) in [6.07, 6.45) is 0. The maximum Gasteiger partial charge on any atom is 0.335 e. The Morgan fingerprint density at radius 2 is 1.49 bits per heavy atom. The van der Waals surface area contributed by atoms with Gasteiger partial charge in [0.05, 0.1) is 17.8 Å². The second-order valence-corrected chi connectivity index (χ2v) is 9.47. The molecule has 202 valence electrons. The number of carbonyl (C=O) groups is 5. The number of para-hydroxylation sites is 1. The summed E-state index contributed by atoms with van der Waals surface area (Å²) in [6, 6.07) is 19.7. The average Bonchev–Trinajstić information content (AvgIpc) is 2.89. The Morgan fingerprint density at radius 1 is 0.846 bits per heavy atom. The van der Waals surface area contributed by atoms with Gasteiger partial charge in [-0.25, -0.2) is 9.59 Å². The molecule has 3 aromatic rings. The Morgan fingerprint density at radius 3 is 2.15 bits per heavy atom. The quantitative estimate of drug-likeness (QED) is 0.279. The van der Waals surface area contributed by atoms with Crippen molar-refractivity contribution in [3.05, 3.63) is 95.6 Å². The summed E-state index contributed by atoms with van der Waals surface area (Å²) in [7, 11) is 0. The number of hydrogen-bond acceptors (Lipinski definition) is 6. The zero-order chi connectivity index (χ0) is 28.6. The molecule has 3 rings (SSSR count). The van der Waals surface area contributed by atoms with Crippen molar-refractivity contribution in [1.82, 2.24) is 5.32 Å². The van der Waals surface area contributed by atoms with Crippen LogP contribution in [0.1, 0.15) is 47.1 Å². The first-order chi connectivity index (χ1) is 18.4. The fraction of sp³-hybridized carbons (Fsp3) is 0.207. The molecule has 0 fully saturated rings. The number of urea groups is 1. The van der Waals surface area contributed by atoms with Crippen LogP contribution in [0, 0.1) is 0 Å². The highest BCUT2D eigenvalue weighted by atomic mass is 16.6. The summed E-state index contributed by atoms with van der Waals surface area (Å²) in [5.41, 5.74) is 0.148. The van der Waals surface area contributed by atoms with Crippen LogP contribution in [0.2, 0.25) is 0 Å². The standard InChI is InChI=1S/C29H29N3O7/c1-29(2,3)39-25(34)18-32(23-15-8-7-14-22(23)26(35)19-10-5-4-6-11-19)24(33)17-30-28(38)31-21-13-9-12-20(16-21)27(36)37/h4-16H,17-18H2,1-3H3,(H,36,37)(H2,30,31,38). The van der Waals surface area contributed by atoms with Crippen molar-refractivity contribution in [1.29, 1.82) is 0 Å². The van der Waals surface area contributed by atoms with Gasteiger partial charge in [-0.2, -0.15) is 0 Å². The predicted octanol–water partition coefficient (Wildman–Crippen LogP) is 4.11. The monoisotopic (exact) mass is 531 g/mol. The van der Waals surface area contributed by atoms with Crippen LogP contribution in [0.5, 0.6) is 0 Å². The van der Waals surface area contributed by atoms with E-state index in [9.17, 15) is 24.0 Å². The summed E-state index contributed by atoms with van der Waals surface area (Å²) in [5, 5.41) is 14.0. The van der Waals surface area contributed by atoms with Gasteiger partial charge in [-0.1, -0.05) is 48.5 Å². The van der Waals surface area contributed by atoms with Gasteiger partial charge < -0.3 is 20.5 Å². The normalized spacial score (nSPS) is 10.7. The zero-order valence-corrected chi connectivity index (χ0v) is 21.8. The van der Waals surface area contributed by atoms with Crippen LogP contribution < -0.4 is 15.5 Å². The number of carboxylic acid groups (broad SMARTS) is 1. The molecule has 0 spiro atoms. The molecule has 0 aliphatic carbocycles. The maximum atomic E-state index is 13.3. The minimum Gasteiger partial charge on any atom is -0.478 e. The molecule has 0 heterocycles. The number of nitrogens with one attached hydrogen (secondary N) is 2. The third kappa shape index (κ3) is 8.26. The third-order valence-corrected chi connectivity index (χ3v) is 5.25. The average molecular weight is 532 g/mol. The number of esters is 1. The highest BCUT2D eigenvalue weighted by Gasteiger charge is 2.27. The van der Waals surface area contributed by atoms with E-state index in [2.05, 4.69) is 10.6 Å². The van der Waals surface area contributed by atoms with Gasteiger partial charge in [-0.05, 0) is 51.1 Å². The van der Waals surface area contributed by atoms with E-state index >= 15 is 0 Å². The molecule has 39 heavy (non-hydrogen) atoms. The van der Waals surface area contributed by atoms with Crippen molar-refractivity contribution in [3.63, 3.8) is 0 Å². The van der Waals surface area contributed by atoms with Crippen molar-refractivity contribution < 1.29 is 33.8 Å². The van der Waals surface area contributed by atoms with Crippen LogP contribution in [0.15, 0.2) is 78.9 Å². The van der Waals surface area contributed by atoms with Crippen LogP contribution >= 0.6 is 0 Å². The fourth-order valence-corrected chi connectivity index (χ4v) is 3.61. The van der Waals surface area contributed by atoms with Crippen molar-refractivity contribution in [2.24, 2.45) is 0 Å². The Bertz CT molecular complexity index is 1380. The van der Waals surface area contributed by atoms with Gasteiger partial charge in [-0.15, -0.1) is 0 Å². The van der Waals surface area contributed by atoms with Gasteiger partial charge in [0, 0.05) is 16.8 Å². The molecule has 3 N–H and O–H groups in total. The highest BCUT2D eigenvalue weighted by molar-refractivity contribution is 6.15. The molecular weight excluding hydrogens is 502 g/mol. The lowest BCUT2D eigenvalue weighted by atomic mass is 10.0. The van der Waals surface area contributed by atoms with E-state index in [0.717, 1.165) is 4.90 Å². The van der Waals surface area contributed by atoms with E-state index in [1.165, 1.54) is 30.3 Å². The fourth-order valence-electron chi connectivity index (χ4n) is 3.61. The van der Waals surface area contributed by atoms with Crippen LogP contribution in [-0.4, -0.2) is 53.5 Å². The lowest BCUT2D eigenvalue weighted by Gasteiger charge is -2.27. The number of aromatic carboxylic acids is 1. The van der Waals surface area contributed by atoms with Gasteiger partial charge in [0.15, 0.2) is 5.78 Å². The molecular formula is C29H29N3O7. The summed E-state index contributed by atoms with van der Waals surface area (Å²) in [5.74, 6) is -2.88. The second kappa shape index (κ2) is 12.5. The molecule has 0 aromatic heterocycles. The molecule has 0 aliphatic heterocycles. The van der Waals surface area contributed by atoms with Gasteiger partial charge in [0.1, 0.15) is 12.1 Å². The van der Waals surface area contributed by atoms with E-state index in [1.807, 2.05) is 0 Å². The van der Waals surface area contributed by atoms with E-state index in [-0.39, 0.29) is 28.3 Å². The first kappa shape index (κ1) is 28.6. The second-order valence-electron chi connectivity index (χ2n) is 9.47. The molecule has 3 aromatic carbocycles. The molecule has 0 radical (unpaired) electrons. The first-order valence-electron chi connectivity index (χ1n) is 12.0. The third-order valence-electron chi connectivity index (χ3n) is 5.25. The van der Waals surface area contributed by atoms with Gasteiger partial charge in [0.2, 0.25) is 5.91 Å². The Balaban J connectivity index is 1.83. The number of anilines is 2. The summed E-state index contributed by atoms with van der Waals surface area (Å²) in [6.45, 7) is 4.04. The number of ketones is 1. The molecule has 0 aliphatic rings.